The average molecular weight is 428 g/mol. The van der Waals surface area contributed by atoms with E-state index in [1.54, 1.807) is 6.20 Å². The smallest absolute Gasteiger partial charge is 0.223 e. The maximum Gasteiger partial charge on any atom is 0.223 e. The number of fused-ring (bicyclic) bond motifs is 1. The maximum atomic E-state index is 12.9. The summed E-state index contributed by atoms with van der Waals surface area (Å²) in [5.74, 6) is 0.315. The number of aliphatic hydroxyl groups is 1. The van der Waals surface area contributed by atoms with Crippen molar-refractivity contribution < 1.29 is 14.7 Å². The lowest BCUT2D eigenvalue weighted by atomic mass is 9.51. The van der Waals surface area contributed by atoms with Gasteiger partial charge in [0.05, 0.1) is 18.3 Å². The fourth-order valence-corrected chi connectivity index (χ4v) is 6.18. The molecule has 0 unspecified atom stereocenters. The predicted molar refractivity (Wildman–Crippen MR) is 119 cm³/mol. The van der Waals surface area contributed by atoms with Crippen LogP contribution in [0.2, 0.25) is 0 Å². The summed E-state index contributed by atoms with van der Waals surface area (Å²) >= 11 is 0. The van der Waals surface area contributed by atoms with E-state index in [9.17, 15) is 14.7 Å². The number of carbonyl (C=O) groups is 2. The van der Waals surface area contributed by atoms with Crippen molar-refractivity contribution in [1.29, 1.82) is 0 Å². The molecule has 1 heterocycles. The van der Waals surface area contributed by atoms with E-state index in [-0.39, 0.29) is 52.9 Å². The molecule has 3 aliphatic rings. The number of hydrogen-bond donors (Lipinski definition) is 3. The van der Waals surface area contributed by atoms with Crippen LogP contribution in [0.25, 0.3) is 0 Å². The number of hydrogen-bond acceptors (Lipinski definition) is 4. The molecule has 3 N–H and O–H groups in total. The first kappa shape index (κ1) is 22.3. The van der Waals surface area contributed by atoms with Crippen molar-refractivity contribution in [2.24, 2.45) is 35.0 Å². The number of aromatic nitrogens is 1. The van der Waals surface area contributed by atoms with Gasteiger partial charge in [0, 0.05) is 24.1 Å². The molecule has 1 aromatic rings. The van der Waals surface area contributed by atoms with Crippen LogP contribution in [0.15, 0.2) is 24.4 Å². The third kappa shape index (κ3) is 4.64. The summed E-state index contributed by atoms with van der Waals surface area (Å²) in [7, 11) is 0. The van der Waals surface area contributed by atoms with E-state index in [0.717, 1.165) is 44.2 Å². The lowest BCUT2D eigenvalue weighted by Gasteiger charge is -2.56. The first-order valence-corrected chi connectivity index (χ1v) is 12.0. The van der Waals surface area contributed by atoms with Gasteiger partial charge in [-0.05, 0) is 73.8 Å². The quantitative estimate of drug-likeness (QED) is 0.651. The molecule has 0 aliphatic heterocycles. The molecule has 0 bridgehead atoms. The maximum absolute atomic E-state index is 12.9. The molecule has 170 valence electrons. The molecule has 31 heavy (non-hydrogen) atoms. The summed E-state index contributed by atoms with van der Waals surface area (Å²) in [6, 6.07) is 5.78. The van der Waals surface area contributed by atoms with Crippen molar-refractivity contribution in [1.82, 2.24) is 15.6 Å². The zero-order valence-electron chi connectivity index (χ0n) is 19.0. The molecule has 1 aromatic heterocycles. The molecule has 0 spiro atoms. The van der Waals surface area contributed by atoms with Crippen LogP contribution in [0.5, 0.6) is 0 Å². The molecule has 3 aliphatic carbocycles. The summed E-state index contributed by atoms with van der Waals surface area (Å²) in [5.41, 5.74) is 0.898. The summed E-state index contributed by atoms with van der Waals surface area (Å²) < 4.78 is 0. The molecular weight excluding hydrogens is 390 g/mol. The Labute approximate surface area is 185 Å². The van der Waals surface area contributed by atoms with Gasteiger partial charge in [-0.25, -0.2) is 0 Å². The summed E-state index contributed by atoms with van der Waals surface area (Å²) in [6.45, 7) is 6.81. The second-order valence-electron chi connectivity index (χ2n) is 10.5. The van der Waals surface area contributed by atoms with Crippen molar-refractivity contribution in [2.45, 2.75) is 78.0 Å². The summed E-state index contributed by atoms with van der Waals surface area (Å²) in [5, 5.41) is 17.7. The number of pyridine rings is 1. The highest BCUT2D eigenvalue weighted by atomic mass is 16.3. The molecule has 4 rings (SSSR count). The van der Waals surface area contributed by atoms with Crippen molar-refractivity contribution >= 4 is 11.8 Å². The molecular formula is C25H37N3O3. The highest BCUT2D eigenvalue weighted by molar-refractivity contribution is 5.81. The van der Waals surface area contributed by atoms with Crippen molar-refractivity contribution in [3.8, 4) is 0 Å². The van der Waals surface area contributed by atoms with Gasteiger partial charge in [-0.1, -0.05) is 26.8 Å². The van der Waals surface area contributed by atoms with Crippen LogP contribution in [-0.2, 0) is 16.1 Å². The number of rotatable bonds is 6. The van der Waals surface area contributed by atoms with Gasteiger partial charge in [-0.3, -0.25) is 14.6 Å². The van der Waals surface area contributed by atoms with Gasteiger partial charge in [0.2, 0.25) is 11.8 Å². The Balaban J connectivity index is 1.41. The van der Waals surface area contributed by atoms with E-state index in [2.05, 4.69) is 29.5 Å². The predicted octanol–water partition coefficient (Wildman–Crippen LogP) is 3.05. The topological polar surface area (TPSA) is 91.3 Å². The second-order valence-corrected chi connectivity index (χ2v) is 10.5. The van der Waals surface area contributed by atoms with E-state index in [1.807, 2.05) is 25.1 Å². The minimum atomic E-state index is -0.537. The van der Waals surface area contributed by atoms with Crippen LogP contribution in [0.1, 0.15) is 65.0 Å². The lowest BCUT2D eigenvalue weighted by molar-refractivity contribution is -0.144. The Bertz CT molecular complexity index is 796. The standard InChI is InChI=1S/C25H37N3O3/c1-15(23(30)27-14-18-6-4-5-13-26-18)19-9-11-25(3)12-10-20(16(2)21(25)22(19)29)28-24(31)17-7-8-17/h4-6,13,15-17,19-22,29H,7-12,14H2,1-3H3,(H,27,30)(H,28,31)/t15-,16-,19-,20-,21+,22-,25+/m0/s1. The average Bonchev–Trinajstić information content (AvgIpc) is 3.60. The summed E-state index contributed by atoms with van der Waals surface area (Å²) in [6.07, 6.45) is 7.06. The fraction of sp³-hybridized carbons (Fsp3) is 0.720. The zero-order valence-corrected chi connectivity index (χ0v) is 19.0. The van der Waals surface area contributed by atoms with E-state index >= 15 is 0 Å². The van der Waals surface area contributed by atoms with Gasteiger partial charge in [0.15, 0.2) is 0 Å². The third-order valence-electron chi connectivity index (χ3n) is 8.39. The minimum absolute atomic E-state index is 0.0274. The number of nitrogens with zero attached hydrogens (tertiary/aromatic N) is 1. The Kier molecular flexibility index (Phi) is 6.38. The largest absolute Gasteiger partial charge is 0.392 e. The molecule has 6 nitrogen and oxygen atoms in total. The van der Waals surface area contributed by atoms with Crippen molar-refractivity contribution in [3.05, 3.63) is 30.1 Å². The zero-order chi connectivity index (χ0) is 22.2. The van der Waals surface area contributed by atoms with Gasteiger partial charge < -0.3 is 15.7 Å². The lowest BCUT2D eigenvalue weighted by Crippen LogP contribution is -2.58. The van der Waals surface area contributed by atoms with Gasteiger partial charge in [-0.15, -0.1) is 0 Å². The Morgan fingerprint density at radius 2 is 1.97 bits per heavy atom. The third-order valence-corrected chi connectivity index (χ3v) is 8.39. The first-order valence-electron chi connectivity index (χ1n) is 12.0. The minimum Gasteiger partial charge on any atom is -0.392 e. The molecule has 0 aromatic carbocycles. The van der Waals surface area contributed by atoms with Crippen molar-refractivity contribution in [3.63, 3.8) is 0 Å². The van der Waals surface area contributed by atoms with Gasteiger partial charge >= 0.3 is 0 Å². The van der Waals surface area contributed by atoms with Crippen molar-refractivity contribution in [2.75, 3.05) is 0 Å². The molecule has 3 saturated carbocycles. The van der Waals surface area contributed by atoms with E-state index in [0.29, 0.717) is 6.54 Å². The molecule has 2 amide bonds. The molecule has 6 heteroatoms. The van der Waals surface area contributed by atoms with Crippen LogP contribution < -0.4 is 10.6 Å². The van der Waals surface area contributed by atoms with Gasteiger partial charge in [-0.2, -0.15) is 0 Å². The van der Waals surface area contributed by atoms with Gasteiger partial charge in [0.1, 0.15) is 0 Å². The highest BCUT2D eigenvalue weighted by Crippen LogP contribution is 2.55. The number of aliphatic hydroxyl groups excluding tert-OH is 1. The number of amides is 2. The Hall–Kier alpha value is -1.95. The van der Waals surface area contributed by atoms with Crippen LogP contribution in [0, 0.1) is 35.0 Å². The van der Waals surface area contributed by atoms with Crippen LogP contribution >= 0.6 is 0 Å². The van der Waals surface area contributed by atoms with E-state index in [1.165, 1.54) is 0 Å². The van der Waals surface area contributed by atoms with Gasteiger partial charge in [0.25, 0.3) is 0 Å². The molecule has 7 atom stereocenters. The van der Waals surface area contributed by atoms with Crippen LogP contribution in [0.3, 0.4) is 0 Å². The summed E-state index contributed by atoms with van der Waals surface area (Å²) in [4.78, 5) is 29.5. The fourth-order valence-electron chi connectivity index (χ4n) is 6.18. The SMILES string of the molecule is C[C@@H]1[C@@H]2[C@@H](O)[C@H]([C@H](C)C(=O)NCc3ccccn3)CC[C@]2(C)CC[C@@H]1NC(=O)C1CC1. The second kappa shape index (κ2) is 8.89. The number of carbonyl (C=O) groups excluding carboxylic acids is 2. The first-order chi connectivity index (χ1) is 14.8. The van der Waals surface area contributed by atoms with Crippen LogP contribution in [-0.4, -0.2) is 34.1 Å². The highest BCUT2D eigenvalue weighted by Gasteiger charge is 2.54. The van der Waals surface area contributed by atoms with E-state index in [4.69, 9.17) is 0 Å². The normalized spacial score (nSPS) is 36.2. The Morgan fingerprint density at radius 1 is 1.23 bits per heavy atom. The molecule has 0 saturated heterocycles. The van der Waals surface area contributed by atoms with E-state index < -0.39 is 6.10 Å². The van der Waals surface area contributed by atoms with Crippen LogP contribution in [0.4, 0.5) is 0 Å². The molecule has 0 radical (unpaired) electrons. The Morgan fingerprint density at radius 3 is 2.65 bits per heavy atom. The molecule has 3 fully saturated rings. The monoisotopic (exact) mass is 427 g/mol. The number of nitrogens with one attached hydrogen (secondary N) is 2.